The predicted octanol–water partition coefficient (Wildman–Crippen LogP) is 12.6. The van der Waals surface area contributed by atoms with Crippen molar-refractivity contribution in [3.8, 4) is 34.0 Å². The van der Waals surface area contributed by atoms with Gasteiger partial charge in [-0.2, -0.15) is 39.5 Å². The summed E-state index contributed by atoms with van der Waals surface area (Å²) in [6.45, 7) is 5.11. The summed E-state index contributed by atoms with van der Waals surface area (Å²) < 4.78 is 135. The summed E-state index contributed by atoms with van der Waals surface area (Å²) in [5, 5.41) is 18.2. The Morgan fingerprint density at radius 2 is 0.791 bits per heavy atom. The zero-order chi connectivity index (χ0) is 62.6. The second-order valence-corrected chi connectivity index (χ2v) is 18.5. The number of aromatic carboxylic acids is 1. The summed E-state index contributed by atoms with van der Waals surface area (Å²) in [7, 11) is 2.91. The zero-order valence-corrected chi connectivity index (χ0v) is 45.1. The van der Waals surface area contributed by atoms with Crippen molar-refractivity contribution in [3.05, 3.63) is 180 Å². The lowest BCUT2D eigenvalue weighted by Gasteiger charge is -2.24. The molecule has 0 unspecified atom stereocenters. The van der Waals surface area contributed by atoms with E-state index < -0.39 is 58.8 Å². The number of hydrogen-bond acceptors (Lipinski definition) is 18. The van der Waals surface area contributed by atoms with E-state index in [4.69, 9.17) is 23.1 Å². The topological polar surface area (TPSA) is 290 Å². The molecule has 0 radical (unpaired) electrons. The van der Waals surface area contributed by atoms with Crippen LogP contribution in [0.2, 0.25) is 0 Å². The highest BCUT2D eigenvalue weighted by Crippen LogP contribution is 2.35. The summed E-state index contributed by atoms with van der Waals surface area (Å²) in [6.07, 6.45) is -5.75. The maximum absolute atomic E-state index is 12.7. The first kappa shape index (κ1) is 62.7. The lowest BCUT2D eigenvalue weighted by Crippen LogP contribution is -2.45. The third-order valence-electron chi connectivity index (χ3n) is 10.9. The fourth-order valence-electron chi connectivity index (χ4n) is 6.80. The molecule has 9 aromatic rings. The van der Waals surface area contributed by atoms with Crippen LogP contribution in [0.15, 0.2) is 160 Å². The summed E-state index contributed by atoms with van der Waals surface area (Å²) in [6, 6.07) is 22.7. The van der Waals surface area contributed by atoms with Gasteiger partial charge in [-0.25, -0.2) is 49.9 Å². The molecule has 3 aromatic carbocycles. The molecule has 448 valence electrons. The number of pyridine rings is 3. The second-order valence-electron chi connectivity index (χ2n) is 18.5. The van der Waals surface area contributed by atoms with E-state index in [0.717, 1.165) is 41.4 Å². The monoisotopic (exact) mass is 1200 g/mol. The van der Waals surface area contributed by atoms with E-state index in [1.807, 2.05) is 0 Å². The molecule has 3 amide bonds. The van der Waals surface area contributed by atoms with Crippen LogP contribution in [-0.2, 0) is 23.3 Å². The van der Waals surface area contributed by atoms with Gasteiger partial charge in [0.15, 0.2) is 17.3 Å². The van der Waals surface area contributed by atoms with E-state index in [-0.39, 0.29) is 52.6 Å². The summed E-state index contributed by atoms with van der Waals surface area (Å²) in [5.74, 6) is -1.29. The number of alkyl halides is 9. The summed E-state index contributed by atoms with van der Waals surface area (Å²) in [5.41, 5.74) is 7.18. The molecule has 0 bridgehead atoms. The third kappa shape index (κ3) is 17.8. The van der Waals surface area contributed by atoms with Crippen LogP contribution in [0.3, 0.4) is 0 Å². The van der Waals surface area contributed by atoms with E-state index >= 15 is 0 Å². The van der Waals surface area contributed by atoms with Crippen LogP contribution in [0, 0.1) is 0 Å². The van der Waals surface area contributed by atoms with Gasteiger partial charge in [0.25, 0.3) is 29.9 Å². The number of oxazole rings is 3. The minimum absolute atomic E-state index is 0.0406. The molecule has 6 aromatic heterocycles. The molecule has 31 heteroatoms. The lowest BCUT2D eigenvalue weighted by molar-refractivity contribution is -0.138. The molecule has 0 saturated carbocycles. The fourth-order valence-corrected chi connectivity index (χ4v) is 6.80. The van der Waals surface area contributed by atoms with Crippen molar-refractivity contribution in [3.63, 3.8) is 0 Å². The van der Waals surface area contributed by atoms with Crippen LogP contribution in [0.1, 0.15) is 68.9 Å². The Hall–Kier alpha value is -10.9. The first-order valence-electron chi connectivity index (χ1n) is 24.6. The van der Waals surface area contributed by atoms with Gasteiger partial charge in [0.2, 0.25) is 0 Å². The number of carbonyl (C=O) groups is 4. The minimum Gasteiger partial charge on any atom is -0.477 e. The molecule has 22 nitrogen and oxygen atoms in total. The van der Waals surface area contributed by atoms with Crippen LogP contribution in [0.4, 0.5) is 79.4 Å². The molecular formula is C55H46F9N13O9. The highest BCUT2D eigenvalue weighted by atomic mass is 19.4. The predicted molar refractivity (Wildman–Crippen MR) is 288 cm³/mol. The van der Waals surface area contributed by atoms with E-state index in [0.29, 0.717) is 39.5 Å². The van der Waals surface area contributed by atoms with E-state index in [1.54, 1.807) is 33.9 Å². The van der Waals surface area contributed by atoms with Crippen molar-refractivity contribution < 1.29 is 81.8 Å². The number of carboxylic acid groups (broad SMARTS) is 1. The molecule has 0 saturated heterocycles. The van der Waals surface area contributed by atoms with Crippen molar-refractivity contribution in [2.45, 2.75) is 44.9 Å². The van der Waals surface area contributed by atoms with Gasteiger partial charge in [0.05, 0.1) is 70.9 Å². The molecule has 0 spiro atoms. The molecular weight excluding hydrogens is 1160 g/mol. The highest BCUT2D eigenvalue weighted by Gasteiger charge is 2.32. The quantitative estimate of drug-likeness (QED) is 0.0417. The lowest BCUT2D eigenvalue weighted by atomic mass is 10.1. The van der Waals surface area contributed by atoms with Crippen molar-refractivity contribution >= 4 is 59.0 Å². The van der Waals surface area contributed by atoms with E-state index in [2.05, 4.69) is 62.1 Å². The number of hydrogen-bond donors (Lipinski definition) is 7. The van der Waals surface area contributed by atoms with Gasteiger partial charge in [-0.3, -0.25) is 20.4 Å². The Balaban J connectivity index is 0.000000187. The van der Waals surface area contributed by atoms with Crippen LogP contribution in [-0.4, -0.2) is 83.6 Å². The molecule has 9 rings (SSSR count). The van der Waals surface area contributed by atoms with Crippen molar-refractivity contribution in [2.75, 3.05) is 30.0 Å². The number of amides is 3. The molecule has 0 aliphatic rings. The molecule has 0 atom stereocenters. The Kier molecular flexibility index (Phi) is 19.4. The van der Waals surface area contributed by atoms with Crippen LogP contribution >= 0.6 is 0 Å². The minimum atomic E-state index is -4.42. The molecule has 0 aliphatic carbocycles. The van der Waals surface area contributed by atoms with Gasteiger partial charge < -0.3 is 39.0 Å². The van der Waals surface area contributed by atoms with Gasteiger partial charge in [-0.15, -0.1) is 0 Å². The average Bonchev–Trinajstić information content (AvgIpc) is 2.93. The Morgan fingerprint density at radius 1 is 0.465 bits per heavy atom. The Morgan fingerprint density at radius 3 is 1.07 bits per heavy atom. The maximum Gasteiger partial charge on any atom is 0.428 e. The van der Waals surface area contributed by atoms with Gasteiger partial charge in [-0.05, 0) is 93.6 Å². The number of carboxylic acids is 1. The number of aromatic nitrogens is 6. The number of nitrogens with one attached hydrogen (secondary N) is 6. The van der Waals surface area contributed by atoms with Gasteiger partial charge >= 0.3 is 30.6 Å². The van der Waals surface area contributed by atoms with Crippen LogP contribution in [0.25, 0.3) is 34.0 Å². The van der Waals surface area contributed by atoms with Gasteiger partial charge in [0, 0.05) is 30.8 Å². The van der Waals surface area contributed by atoms with Crippen molar-refractivity contribution in [1.29, 1.82) is 0 Å². The Bertz CT molecular complexity index is 3740. The highest BCUT2D eigenvalue weighted by molar-refractivity contribution is 5.93. The van der Waals surface area contributed by atoms with Crippen molar-refractivity contribution in [1.82, 2.24) is 51.2 Å². The number of halogens is 9. The first-order chi connectivity index (χ1) is 40.5. The number of benzene rings is 3. The fraction of sp³-hybridized carbons (Fsp3) is 0.164. The number of ether oxygens (including phenoxy) is 1. The van der Waals surface area contributed by atoms with Crippen LogP contribution in [0.5, 0.6) is 0 Å². The van der Waals surface area contributed by atoms with Crippen molar-refractivity contribution in [2.24, 2.45) is 0 Å². The van der Waals surface area contributed by atoms with Gasteiger partial charge in [-0.1, -0.05) is 36.4 Å². The molecule has 0 aliphatic heterocycles. The number of anilines is 6. The summed E-state index contributed by atoms with van der Waals surface area (Å²) in [4.78, 5) is 70.4. The third-order valence-corrected chi connectivity index (χ3v) is 10.9. The number of rotatable bonds is 13. The molecule has 7 N–H and O–H groups in total. The smallest absolute Gasteiger partial charge is 0.428 e. The molecule has 0 fully saturated rings. The molecule has 86 heavy (non-hydrogen) atoms. The largest absolute Gasteiger partial charge is 0.477 e. The number of hydrazine groups is 2. The number of nitrogens with zero attached hydrogens (tertiary/aromatic N) is 7. The van der Waals surface area contributed by atoms with E-state index in [9.17, 15) is 58.7 Å². The summed E-state index contributed by atoms with van der Waals surface area (Å²) >= 11 is 0. The van der Waals surface area contributed by atoms with Crippen LogP contribution < -0.4 is 32.2 Å². The second kappa shape index (κ2) is 26.6. The maximum atomic E-state index is 12.7. The standard InChI is InChI=1S/C22H22F3N5O4.C17H14F3N5O2.C16H10F3N3O3/c1-21(2,3)34-20(32)30(4)29-18(31)16-10-9-15(11-26-16)28-19-27-12-17(33-19)13-5-7-14(8-6-13)22(23,24)25;1-21-25-15(26)13-7-6-12(8-22-13)24-16-23-9-14(27-16)10-2-4-11(5-3-10)17(18,19)20;17-16(18,19)10-3-1-9(2-4-10)13-8-21-15(25-13)22-11-5-6-12(14(23)24)20-7-11/h5-12H,1-4H3,(H,27,28)(H,29,31);2-9,21H,1H3,(H,23,24)(H,25,26);1-8H,(H,21,22)(H,23,24). The Labute approximate surface area is 479 Å². The zero-order valence-electron chi connectivity index (χ0n) is 45.1. The SMILES string of the molecule is CN(NC(=O)c1ccc(Nc2ncc(-c3ccc(C(F)(F)F)cc3)o2)cn1)C(=O)OC(C)(C)C.CNNC(=O)c1ccc(Nc2ncc(-c3ccc(C(F)(F)F)cc3)o2)cn1.O=C(O)c1ccc(Nc2ncc(-c3ccc(C(F)(F)F)cc3)o2)cn1. The van der Waals surface area contributed by atoms with Gasteiger partial charge in [0.1, 0.15) is 22.7 Å². The molecule has 6 heterocycles. The average molecular weight is 1200 g/mol. The normalized spacial score (nSPS) is 11.4. The number of carbonyl (C=O) groups excluding carboxylic acids is 3. The van der Waals surface area contributed by atoms with E-state index in [1.165, 1.54) is 111 Å². The first-order valence-corrected chi connectivity index (χ1v) is 24.6.